The Morgan fingerprint density at radius 3 is 2.68 bits per heavy atom. The van der Waals surface area contributed by atoms with Crippen LogP contribution in [0.4, 0.5) is 0 Å². The van der Waals surface area contributed by atoms with Crippen LogP contribution >= 0.6 is 56.5 Å². The molecule has 11 heteroatoms. The lowest BCUT2D eigenvalue weighted by Gasteiger charge is -2.24. The number of halogens is 2. The van der Waals surface area contributed by atoms with Crippen molar-refractivity contribution < 1.29 is 23.7 Å². The molecule has 2 aliphatic rings. The highest BCUT2D eigenvalue weighted by Gasteiger charge is 2.34. The number of carbonyl (C=O) groups excluding carboxylic acids is 1. The maximum atomic E-state index is 13.9. The lowest BCUT2D eigenvalue weighted by Crippen LogP contribution is -2.39. The lowest BCUT2D eigenvalue weighted by atomic mass is 9.95. The summed E-state index contributed by atoms with van der Waals surface area (Å²) in [5, 5.41) is 0. The Bertz CT molecular complexity index is 1650. The molecule has 0 bridgehead atoms. The van der Waals surface area contributed by atoms with Crippen molar-refractivity contribution in [2.45, 2.75) is 19.9 Å². The third kappa shape index (κ3) is 5.02. The van der Waals surface area contributed by atoms with Gasteiger partial charge in [-0.15, -0.1) is 0 Å². The number of aromatic nitrogens is 1. The van der Waals surface area contributed by atoms with Gasteiger partial charge in [-0.25, -0.2) is 9.79 Å². The number of carbonyl (C=O) groups is 1. The van der Waals surface area contributed by atoms with Crippen LogP contribution in [-0.2, 0) is 9.53 Å². The van der Waals surface area contributed by atoms with E-state index in [1.165, 1.54) is 11.3 Å². The van der Waals surface area contributed by atoms with Crippen LogP contribution in [0.15, 0.2) is 64.0 Å². The second-order valence-corrected chi connectivity index (χ2v) is 11.7. The van der Waals surface area contributed by atoms with Crippen LogP contribution in [0.5, 0.6) is 17.2 Å². The smallest absolute Gasteiger partial charge is 0.338 e. The van der Waals surface area contributed by atoms with Crippen LogP contribution in [0.3, 0.4) is 0 Å². The van der Waals surface area contributed by atoms with Gasteiger partial charge in [-0.05, 0) is 100 Å². The van der Waals surface area contributed by atoms with Crippen molar-refractivity contribution >= 4 is 68.6 Å². The SMILES string of the molecule is C=CCOc1c(I)cc(C=c2sc3n(c2=O)C(c2ccc4c(c2)OCO4)C(C(=O)OCC)=C(C)N=3)cc1I. The molecule has 196 valence electrons. The van der Waals surface area contributed by atoms with Crippen LogP contribution in [0.25, 0.3) is 6.08 Å². The molecule has 0 saturated carbocycles. The van der Waals surface area contributed by atoms with Crippen LogP contribution < -0.4 is 29.1 Å². The van der Waals surface area contributed by atoms with E-state index in [1.54, 1.807) is 36.6 Å². The predicted molar refractivity (Wildman–Crippen MR) is 161 cm³/mol. The van der Waals surface area contributed by atoms with Crippen molar-refractivity contribution in [3.05, 3.63) is 92.2 Å². The zero-order valence-corrected chi connectivity index (χ0v) is 25.6. The van der Waals surface area contributed by atoms with E-state index in [4.69, 9.17) is 18.9 Å². The molecule has 8 nitrogen and oxygen atoms in total. The Morgan fingerprint density at radius 2 is 1.97 bits per heavy atom. The topological polar surface area (TPSA) is 88.3 Å². The van der Waals surface area contributed by atoms with Gasteiger partial charge in [-0.3, -0.25) is 9.36 Å². The number of ether oxygens (including phenoxy) is 4. The van der Waals surface area contributed by atoms with Gasteiger partial charge in [-0.1, -0.05) is 30.1 Å². The van der Waals surface area contributed by atoms with Crippen LogP contribution in [0.1, 0.15) is 31.0 Å². The fourth-order valence-electron chi connectivity index (χ4n) is 4.28. The summed E-state index contributed by atoms with van der Waals surface area (Å²) in [5.41, 5.74) is 2.13. The van der Waals surface area contributed by atoms with E-state index in [9.17, 15) is 9.59 Å². The molecule has 0 spiro atoms. The average molecular weight is 756 g/mol. The van der Waals surface area contributed by atoms with Crippen LogP contribution in [0.2, 0.25) is 0 Å². The molecular weight excluding hydrogens is 734 g/mol. The summed E-state index contributed by atoms with van der Waals surface area (Å²) < 4.78 is 26.1. The van der Waals surface area contributed by atoms with E-state index < -0.39 is 12.0 Å². The molecule has 1 aromatic heterocycles. The maximum Gasteiger partial charge on any atom is 0.338 e. The fourth-order valence-corrected chi connectivity index (χ4v) is 7.46. The van der Waals surface area contributed by atoms with Crippen molar-refractivity contribution in [3.63, 3.8) is 0 Å². The lowest BCUT2D eigenvalue weighted by molar-refractivity contribution is -0.139. The maximum absolute atomic E-state index is 13.9. The largest absolute Gasteiger partial charge is 0.487 e. The number of esters is 1. The molecule has 3 heterocycles. The number of thiazole rings is 1. The van der Waals surface area contributed by atoms with Gasteiger partial charge in [0.15, 0.2) is 16.3 Å². The van der Waals surface area contributed by atoms with Gasteiger partial charge in [0.25, 0.3) is 5.56 Å². The predicted octanol–water partition coefficient (Wildman–Crippen LogP) is 4.30. The van der Waals surface area contributed by atoms with Crippen molar-refractivity contribution in [1.29, 1.82) is 0 Å². The van der Waals surface area contributed by atoms with Gasteiger partial charge in [0.1, 0.15) is 12.4 Å². The molecule has 1 unspecified atom stereocenters. The van der Waals surface area contributed by atoms with Crippen molar-refractivity contribution in [3.8, 4) is 17.2 Å². The minimum absolute atomic E-state index is 0.121. The summed E-state index contributed by atoms with van der Waals surface area (Å²) in [6, 6.07) is 8.62. The van der Waals surface area contributed by atoms with E-state index in [0.29, 0.717) is 44.3 Å². The minimum atomic E-state index is -0.725. The second kappa shape index (κ2) is 11.2. The number of fused-ring (bicyclic) bond motifs is 2. The van der Waals surface area contributed by atoms with E-state index in [1.807, 2.05) is 24.3 Å². The van der Waals surface area contributed by atoms with Gasteiger partial charge in [0.05, 0.1) is 35.6 Å². The molecule has 3 aromatic rings. The first kappa shape index (κ1) is 26.9. The van der Waals surface area contributed by atoms with Crippen molar-refractivity contribution in [2.24, 2.45) is 4.99 Å². The summed E-state index contributed by atoms with van der Waals surface area (Å²) in [6.45, 7) is 7.94. The summed E-state index contributed by atoms with van der Waals surface area (Å²) >= 11 is 5.72. The summed E-state index contributed by atoms with van der Waals surface area (Å²) in [5.74, 6) is 1.45. The van der Waals surface area contributed by atoms with Gasteiger partial charge in [0.2, 0.25) is 6.79 Å². The average Bonchev–Trinajstić information content (AvgIpc) is 3.46. The zero-order chi connectivity index (χ0) is 27.0. The van der Waals surface area contributed by atoms with Crippen molar-refractivity contribution in [2.75, 3.05) is 20.0 Å². The third-order valence-electron chi connectivity index (χ3n) is 5.89. The number of rotatable bonds is 7. The highest BCUT2D eigenvalue weighted by molar-refractivity contribution is 14.1. The van der Waals surface area contributed by atoms with Crippen LogP contribution in [-0.4, -0.2) is 30.5 Å². The molecule has 2 aliphatic heterocycles. The molecule has 0 fully saturated rings. The number of hydrogen-bond donors (Lipinski definition) is 0. The number of hydrogen-bond acceptors (Lipinski definition) is 8. The summed E-state index contributed by atoms with van der Waals surface area (Å²) in [6.07, 6.45) is 3.54. The highest BCUT2D eigenvalue weighted by atomic mass is 127. The molecule has 5 rings (SSSR count). The van der Waals surface area contributed by atoms with E-state index in [0.717, 1.165) is 18.5 Å². The Kier molecular flexibility index (Phi) is 7.95. The Hall–Kier alpha value is -2.65. The quantitative estimate of drug-likeness (QED) is 0.203. The van der Waals surface area contributed by atoms with Crippen LogP contribution in [0, 0.1) is 7.14 Å². The summed E-state index contributed by atoms with van der Waals surface area (Å²) in [4.78, 5) is 32.1. The molecule has 2 aromatic carbocycles. The van der Waals surface area contributed by atoms with Gasteiger partial charge >= 0.3 is 5.97 Å². The molecule has 0 amide bonds. The second-order valence-electron chi connectivity index (χ2n) is 8.33. The fraction of sp³-hybridized carbons (Fsp3) is 0.222. The first-order chi connectivity index (χ1) is 18.3. The molecule has 0 N–H and O–H groups in total. The van der Waals surface area contributed by atoms with Gasteiger partial charge in [-0.2, -0.15) is 0 Å². The third-order valence-corrected chi connectivity index (χ3v) is 8.48. The Labute approximate surface area is 249 Å². The first-order valence-electron chi connectivity index (χ1n) is 11.6. The minimum Gasteiger partial charge on any atom is -0.487 e. The molecule has 0 aliphatic carbocycles. The zero-order valence-electron chi connectivity index (χ0n) is 20.5. The Morgan fingerprint density at radius 1 is 1.24 bits per heavy atom. The standard InChI is InChI=1S/C27H22I2N2O6S/c1-4-8-35-24-17(28)9-15(10-18(24)29)11-21-25(32)31-23(16-6-7-19-20(12-16)37-13-36-19)22(26(33)34-5-2)14(3)30-27(31)38-21/h4,6-7,9-12,23H,1,5,8,13H2,2-3H3. The number of nitrogens with zero attached hydrogens (tertiary/aromatic N) is 2. The molecule has 38 heavy (non-hydrogen) atoms. The molecule has 0 radical (unpaired) electrons. The molecule has 0 saturated heterocycles. The Balaban J connectivity index is 1.66. The number of benzene rings is 2. The van der Waals surface area contributed by atoms with E-state index in [-0.39, 0.29) is 19.0 Å². The van der Waals surface area contributed by atoms with E-state index >= 15 is 0 Å². The molecular formula is C27H22I2N2O6S. The van der Waals surface area contributed by atoms with Gasteiger partial charge < -0.3 is 18.9 Å². The first-order valence-corrected chi connectivity index (χ1v) is 14.6. The number of allylic oxidation sites excluding steroid dienone is 1. The molecule has 1 atom stereocenters. The highest BCUT2D eigenvalue weighted by Crippen LogP contribution is 2.38. The van der Waals surface area contributed by atoms with Gasteiger partial charge in [0, 0.05) is 0 Å². The monoisotopic (exact) mass is 756 g/mol. The summed E-state index contributed by atoms with van der Waals surface area (Å²) in [7, 11) is 0. The van der Waals surface area contributed by atoms with Crippen molar-refractivity contribution in [1.82, 2.24) is 4.57 Å². The van der Waals surface area contributed by atoms with E-state index in [2.05, 4.69) is 56.8 Å². The normalized spacial score (nSPS) is 16.2.